The van der Waals surface area contributed by atoms with Crippen LogP contribution in [-0.4, -0.2) is 0 Å². The van der Waals surface area contributed by atoms with Gasteiger partial charge in [-0.15, -0.1) is 11.3 Å². The van der Waals surface area contributed by atoms with Crippen molar-refractivity contribution >= 4 is 81.2 Å². The second-order valence-electron chi connectivity index (χ2n) is 12.9. The van der Waals surface area contributed by atoms with Crippen LogP contribution in [0.25, 0.3) is 69.6 Å². The van der Waals surface area contributed by atoms with Crippen molar-refractivity contribution in [1.82, 2.24) is 0 Å². The molecule has 0 fully saturated rings. The van der Waals surface area contributed by atoms with Crippen LogP contribution in [0.4, 0.5) is 11.4 Å². The topological polar surface area (TPSA) is 25.2 Å². The Morgan fingerprint density at radius 2 is 1.39 bits per heavy atom. The molecular weight excluding hydrogens is 615 g/mol. The summed E-state index contributed by atoms with van der Waals surface area (Å²) >= 11 is 1.86. The summed E-state index contributed by atoms with van der Waals surface area (Å²) < 4.78 is 9.13. The van der Waals surface area contributed by atoms with Crippen molar-refractivity contribution in [3.63, 3.8) is 0 Å². The van der Waals surface area contributed by atoms with Gasteiger partial charge in [0.25, 0.3) is 0 Å². The zero-order chi connectivity index (χ0) is 32.3. The average Bonchev–Trinajstić information content (AvgIpc) is 3.73. The minimum atomic E-state index is 0.310. The number of fused-ring (bicyclic) bond motifs is 7. The molecule has 0 saturated heterocycles. The standard InChI is InChI=1S/C46H31NOS/c1-2-10-30-25-33(22-21-29(30)9-1)31-11-5-13-35(26-31)37-16-7-18-41-45(37)46-40(17-8-19-42(46)48-41)47-36-14-6-12-32(27-36)34-23-24-39-38-15-3-4-20-43(38)49-44(39)28-34/h1-10,12-28,31,47H,11H2. The van der Waals surface area contributed by atoms with E-state index >= 15 is 0 Å². The van der Waals surface area contributed by atoms with Crippen molar-refractivity contribution in [3.05, 3.63) is 175 Å². The normalized spacial score (nSPS) is 14.7. The monoisotopic (exact) mass is 645 g/mol. The molecule has 1 atom stereocenters. The van der Waals surface area contributed by atoms with Crippen LogP contribution < -0.4 is 5.32 Å². The summed E-state index contributed by atoms with van der Waals surface area (Å²) in [5.41, 5.74) is 10.0. The van der Waals surface area contributed by atoms with Gasteiger partial charge in [-0.25, -0.2) is 0 Å². The molecule has 0 aliphatic heterocycles. The van der Waals surface area contributed by atoms with Gasteiger partial charge < -0.3 is 9.73 Å². The highest BCUT2D eigenvalue weighted by Gasteiger charge is 2.19. The first kappa shape index (κ1) is 28.1. The lowest BCUT2D eigenvalue weighted by atomic mass is 9.85. The quantitative estimate of drug-likeness (QED) is 0.201. The Morgan fingerprint density at radius 1 is 0.592 bits per heavy atom. The SMILES string of the molecule is C1=CC(c2cccc3oc4cccc(Nc5cccc(-c6ccc7c(c6)sc6ccccc67)c5)c4c23)=CC(c2ccc3ccccc3c2)C1. The third-order valence-corrected chi connectivity index (χ3v) is 11.1. The molecule has 0 amide bonds. The predicted octanol–water partition coefficient (Wildman–Crippen LogP) is 13.6. The second kappa shape index (κ2) is 11.4. The minimum absolute atomic E-state index is 0.310. The highest BCUT2D eigenvalue weighted by molar-refractivity contribution is 7.25. The van der Waals surface area contributed by atoms with Crippen molar-refractivity contribution in [1.29, 1.82) is 0 Å². The molecule has 1 unspecified atom stereocenters. The summed E-state index contributed by atoms with van der Waals surface area (Å²) in [6, 6.07) is 52.4. The Bertz CT molecular complexity index is 2800. The van der Waals surface area contributed by atoms with E-state index in [0.717, 1.165) is 39.7 Å². The van der Waals surface area contributed by atoms with E-state index in [2.05, 4.69) is 169 Å². The fraction of sp³-hybridized carbons (Fsp3) is 0.0435. The summed E-state index contributed by atoms with van der Waals surface area (Å²) in [6.45, 7) is 0. The third kappa shape index (κ3) is 4.85. The van der Waals surface area contributed by atoms with Gasteiger partial charge in [0.15, 0.2) is 0 Å². The molecule has 49 heavy (non-hydrogen) atoms. The van der Waals surface area contributed by atoms with Crippen LogP contribution in [-0.2, 0) is 0 Å². The molecule has 1 aliphatic carbocycles. The number of rotatable bonds is 5. The molecule has 0 spiro atoms. The van der Waals surface area contributed by atoms with Crippen LogP contribution in [0.2, 0.25) is 0 Å². The number of nitrogens with one attached hydrogen (secondary N) is 1. The van der Waals surface area contributed by atoms with E-state index in [1.165, 1.54) is 58.8 Å². The Morgan fingerprint density at radius 3 is 2.35 bits per heavy atom. The lowest BCUT2D eigenvalue weighted by Gasteiger charge is -2.19. The van der Waals surface area contributed by atoms with Crippen molar-refractivity contribution in [2.24, 2.45) is 0 Å². The molecule has 2 nitrogen and oxygen atoms in total. The Balaban J connectivity index is 1.03. The molecule has 1 aliphatic rings. The van der Waals surface area contributed by atoms with Crippen molar-refractivity contribution in [2.45, 2.75) is 12.3 Å². The second-order valence-corrected chi connectivity index (χ2v) is 14.0. The smallest absolute Gasteiger partial charge is 0.137 e. The van der Waals surface area contributed by atoms with Crippen molar-refractivity contribution in [3.8, 4) is 11.1 Å². The first-order valence-electron chi connectivity index (χ1n) is 16.9. The molecule has 232 valence electrons. The largest absolute Gasteiger partial charge is 0.456 e. The fourth-order valence-electron chi connectivity index (χ4n) is 7.58. The van der Waals surface area contributed by atoms with Crippen LogP contribution in [0.3, 0.4) is 0 Å². The van der Waals surface area contributed by atoms with Crippen LogP contribution in [0.1, 0.15) is 23.5 Å². The van der Waals surface area contributed by atoms with E-state index in [-0.39, 0.29) is 0 Å². The van der Waals surface area contributed by atoms with Gasteiger partial charge in [-0.05, 0) is 87.5 Å². The Labute approximate surface area is 288 Å². The molecule has 2 aromatic heterocycles. The minimum Gasteiger partial charge on any atom is -0.456 e. The van der Waals surface area contributed by atoms with Crippen molar-refractivity contribution in [2.75, 3.05) is 5.32 Å². The van der Waals surface area contributed by atoms with Gasteiger partial charge >= 0.3 is 0 Å². The van der Waals surface area contributed by atoms with Crippen LogP contribution in [0.5, 0.6) is 0 Å². The average molecular weight is 646 g/mol. The maximum absolute atomic E-state index is 6.49. The van der Waals surface area contributed by atoms with Gasteiger partial charge in [0.1, 0.15) is 11.2 Å². The number of thiophene rings is 1. The zero-order valence-electron chi connectivity index (χ0n) is 26.7. The molecule has 7 aromatic carbocycles. The van der Waals surface area contributed by atoms with E-state index in [1.54, 1.807) is 0 Å². The van der Waals surface area contributed by atoms with Gasteiger partial charge in [0.05, 0.1) is 11.1 Å². The Kier molecular flexibility index (Phi) is 6.53. The number of benzene rings is 7. The number of furan rings is 1. The third-order valence-electron chi connectivity index (χ3n) is 9.96. The Hall–Kier alpha value is -5.90. The van der Waals surface area contributed by atoms with Gasteiger partial charge in [-0.1, -0.05) is 121 Å². The summed E-state index contributed by atoms with van der Waals surface area (Å²) in [5.74, 6) is 0.310. The summed E-state index contributed by atoms with van der Waals surface area (Å²) in [7, 11) is 0. The summed E-state index contributed by atoms with van der Waals surface area (Å²) in [5, 5.41) is 11.2. The molecule has 0 radical (unpaired) electrons. The number of hydrogen-bond donors (Lipinski definition) is 1. The van der Waals surface area contributed by atoms with E-state index in [9.17, 15) is 0 Å². The lowest BCUT2D eigenvalue weighted by molar-refractivity contribution is 0.669. The van der Waals surface area contributed by atoms with E-state index < -0.39 is 0 Å². The molecule has 3 heteroatoms. The molecule has 0 saturated carbocycles. The summed E-state index contributed by atoms with van der Waals surface area (Å²) in [4.78, 5) is 0. The van der Waals surface area contributed by atoms with Crippen LogP contribution >= 0.6 is 11.3 Å². The highest BCUT2D eigenvalue weighted by Crippen LogP contribution is 2.42. The molecule has 2 heterocycles. The summed E-state index contributed by atoms with van der Waals surface area (Å²) in [6.07, 6.45) is 8.02. The number of allylic oxidation sites excluding steroid dienone is 4. The van der Waals surface area contributed by atoms with Crippen LogP contribution in [0, 0.1) is 0 Å². The zero-order valence-corrected chi connectivity index (χ0v) is 27.5. The maximum Gasteiger partial charge on any atom is 0.137 e. The fourth-order valence-corrected chi connectivity index (χ4v) is 8.73. The first-order chi connectivity index (χ1) is 24.2. The van der Waals surface area contributed by atoms with Gasteiger partial charge in [-0.2, -0.15) is 0 Å². The molecule has 9 aromatic rings. The predicted molar refractivity (Wildman–Crippen MR) is 210 cm³/mol. The number of anilines is 2. The van der Waals surface area contributed by atoms with E-state index in [4.69, 9.17) is 4.42 Å². The van der Waals surface area contributed by atoms with Gasteiger partial charge in [0.2, 0.25) is 0 Å². The lowest BCUT2D eigenvalue weighted by Crippen LogP contribution is -2.00. The first-order valence-corrected chi connectivity index (χ1v) is 17.7. The van der Waals surface area contributed by atoms with Gasteiger partial charge in [0, 0.05) is 37.2 Å². The molecule has 0 bridgehead atoms. The maximum atomic E-state index is 6.49. The highest BCUT2D eigenvalue weighted by atomic mass is 32.1. The van der Waals surface area contributed by atoms with E-state index in [0.29, 0.717) is 5.92 Å². The van der Waals surface area contributed by atoms with E-state index in [1.807, 2.05) is 11.3 Å². The molecule has 1 N–H and O–H groups in total. The number of hydrogen-bond acceptors (Lipinski definition) is 3. The van der Waals surface area contributed by atoms with Gasteiger partial charge in [-0.3, -0.25) is 0 Å². The molecular formula is C46H31NOS. The molecule has 10 rings (SSSR count). The van der Waals surface area contributed by atoms with Crippen molar-refractivity contribution < 1.29 is 4.42 Å². The van der Waals surface area contributed by atoms with Crippen LogP contribution in [0.15, 0.2) is 168 Å².